The minimum Gasteiger partial charge on any atom is -0.483 e. The molecule has 0 unspecified atom stereocenters. The number of ketones is 1. The van der Waals surface area contributed by atoms with Gasteiger partial charge in [-0.05, 0) is 13.8 Å². The van der Waals surface area contributed by atoms with E-state index in [4.69, 9.17) is 44.7 Å². The van der Waals surface area contributed by atoms with Crippen LogP contribution in [-0.2, 0) is 19.1 Å². The number of carboxylic acid groups (broad SMARTS) is 1. The van der Waals surface area contributed by atoms with Crippen molar-refractivity contribution in [3.8, 4) is 0 Å². The fraction of sp³-hybridized carbons (Fsp3) is 0.700. The topological polar surface area (TPSA) is 112 Å². The first-order valence-electron chi connectivity index (χ1n) is 4.82. The Hall–Kier alpha value is -0.560. The van der Waals surface area contributed by atoms with Crippen molar-refractivity contribution < 1.29 is 29.7 Å². The Morgan fingerprint density at radius 3 is 1.42 bits per heavy atom. The van der Waals surface area contributed by atoms with Crippen LogP contribution in [0, 0.1) is 0 Å². The maximum absolute atomic E-state index is 9.82. The summed E-state index contributed by atoms with van der Waals surface area (Å²) in [6, 6.07) is 0. The Morgan fingerprint density at radius 1 is 1.21 bits per heavy atom. The number of rotatable bonds is 2. The van der Waals surface area contributed by atoms with E-state index >= 15 is 0 Å². The van der Waals surface area contributed by atoms with Crippen LogP contribution in [0.4, 0.5) is 0 Å². The number of esters is 1. The van der Waals surface area contributed by atoms with Crippen LogP contribution in [0.25, 0.3) is 0 Å². The molecule has 0 aliphatic rings. The van der Waals surface area contributed by atoms with Crippen molar-refractivity contribution in [1.82, 2.24) is 0 Å². The first-order valence-corrected chi connectivity index (χ1v) is 6.13. The molecule has 0 amide bonds. The van der Waals surface area contributed by atoms with Crippen molar-refractivity contribution in [2.24, 2.45) is 0 Å². The molecule has 19 heavy (non-hydrogen) atoms. The fourth-order valence-corrected chi connectivity index (χ4v) is 0.203. The highest BCUT2D eigenvalue weighted by Gasteiger charge is 1.81. The first kappa shape index (κ1) is 31.0. The molecular formula is C10H21Cl3O6. The molecule has 0 bridgehead atoms. The molecule has 0 atom stereocenters. The number of hydrogen-bond donors (Lipinski definition) is 1. The van der Waals surface area contributed by atoms with Crippen molar-refractivity contribution in [2.75, 3.05) is 6.61 Å². The number of carbonyl (C=O) groups excluding carboxylic acids is 2. The van der Waals surface area contributed by atoms with Crippen molar-refractivity contribution in [3.05, 3.63) is 0 Å². The second kappa shape index (κ2) is 30.5. The highest BCUT2D eigenvalue weighted by Crippen LogP contribution is 2.03. The van der Waals surface area contributed by atoms with Gasteiger partial charge in [-0.1, -0.05) is 41.7 Å². The Labute approximate surface area is 128 Å². The molecule has 3 N–H and O–H groups in total. The highest BCUT2D eigenvalue weighted by atomic mass is 35.6. The molecule has 0 aromatic heterocycles. The number of hydrogen-bond acceptors (Lipinski definition) is 4. The third kappa shape index (κ3) is 211. The van der Waals surface area contributed by atoms with Crippen LogP contribution in [0.1, 0.15) is 34.1 Å². The Kier molecular flexibility index (Phi) is 49.8. The van der Waals surface area contributed by atoms with Gasteiger partial charge in [-0.3, -0.25) is 9.59 Å². The smallest absolute Gasteiger partial charge is 0.302 e. The van der Waals surface area contributed by atoms with Gasteiger partial charge in [0.15, 0.2) is 4.30 Å². The number of ether oxygens (including phenoxy) is 1. The molecule has 0 fully saturated rings. The normalized spacial score (nSPS) is 6.95. The third-order valence-electron chi connectivity index (χ3n) is 0.845. The van der Waals surface area contributed by atoms with E-state index in [2.05, 4.69) is 4.74 Å². The predicted molar refractivity (Wildman–Crippen MR) is 76.9 cm³/mol. The number of carbonyl (C=O) groups is 3. The van der Waals surface area contributed by atoms with Crippen LogP contribution >= 0.6 is 34.8 Å². The second-order valence-corrected chi connectivity index (χ2v) is 4.31. The van der Waals surface area contributed by atoms with Gasteiger partial charge in [0.25, 0.3) is 6.47 Å². The van der Waals surface area contributed by atoms with E-state index in [-0.39, 0.29) is 23.7 Å². The minimum absolute atomic E-state index is 0. The standard InChI is InChI=1S/C4H8O2.C4H8O.CHCl3.CH2O2.H2O/c1-3-6-4(2)5;1-3-4(2)5;2-1(3)4;2-1-3;/h3H2,1-2H3;3H2,1-2H3;1H;1H,(H,2,3);1H2. The van der Waals surface area contributed by atoms with E-state index in [1.165, 1.54) is 6.92 Å². The maximum atomic E-state index is 9.82. The zero-order valence-corrected chi connectivity index (χ0v) is 13.6. The summed E-state index contributed by atoms with van der Waals surface area (Å²) in [5.74, 6) is 0.0440. The zero-order chi connectivity index (χ0) is 15.6. The zero-order valence-electron chi connectivity index (χ0n) is 11.3. The maximum Gasteiger partial charge on any atom is 0.302 e. The molecule has 118 valence electrons. The Bertz CT molecular complexity index is 197. The lowest BCUT2D eigenvalue weighted by Gasteiger charge is -1.89. The van der Waals surface area contributed by atoms with Crippen LogP contribution in [0.3, 0.4) is 0 Å². The van der Waals surface area contributed by atoms with Crippen molar-refractivity contribution in [1.29, 1.82) is 0 Å². The van der Waals surface area contributed by atoms with Crippen LogP contribution in [-0.4, -0.2) is 39.7 Å². The first-order chi connectivity index (χ1) is 8.19. The van der Waals surface area contributed by atoms with Crippen molar-refractivity contribution >= 4 is 53.0 Å². The minimum atomic E-state index is -0.750. The van der Waals surface area contributed by atoms with Gasteiger partial charge in [0, 0.05) is 13.3 Å². The fourth-order valence-electron chi connectivity index (χ4n) is 0.203. The monoisotopic (exact) mass is 342 g/mol. The second-order valence-electron chi connectivity index (χ2n) is 2.33. The molecular weight excluding hydrogens is 322 g/mol. The summed E-state index contributed by atoms with van der Waals surface area (Å²) in [7, 11) is 0. The third-order valence-corrected chi connectivity index (χ3v) is 0.845. The van der Waals surface area contributed by atoms with Gasteiger partial charge < -0.3 is 20.1 Å². The quantitative estimate of drug-likeness (QED) is 0.470. The van der Waals surface area contributed by atoms with Crippen molar-refractivity contribution in [3.63, 3.8) is 0 Å². The molecule has 0 saturated heterocycles. The molecule has 9 heteroatoms. The van der Waals surface area contributed by atoms with Gasteiger partial charge >= 0.3 is 5.97 Å². The lowest BCUT2D eigenvalue weighted by atomic mass is 10.4. The van der Waals surface area contributed by atoms with E-state index < -0.39 is 4.30 Å². The molecule has 0 aromatic carbocycles. The molecule has 0 aromatic rings. The van der Waals surface area contributed by atoms with Gasteiger partial charge in [-0.2, -0.15) is 0 Å². The Morgan fingerprint density at radius 2 is 1.42 bits per heavy atom. The largest absolute Gasteiger partial charge is 0.483 e. The summed E-state index contributed by atoms with van der Waals surface area (Å²) in [5.41, 5.74) is 0. The van der Waals surface area contributed by atoms with E-state index in [9.17, 15) is 9.59 Å². The number of alkyl halides is 3. The lowest BCUT2D eigenvalue weighted by Crippen LogP contribution is -1.95. The summed E-state index contributed by atoms with van der Waals surface area (Å²) in [6.07, 6.45) is 0.667. The summed E-state index contributed by atoms with van der Waals surface area (Å²) in [5, 5.41) is 6.89. The van der Waals surface area contributed by atoms with Gasteiger partial charge in [0.05, 0.1) is 6.61 Å². The lowest BCUT2D eigenvalue weighted by molar-refractivity contribution is -0.140. The van der Waals surface area contributed by atoms with Crippen molar-refractivity contribution in [2.45, 2.75) is 38.4 Å². The average molecular weight is 344 g/mol. The summed E-state index contributed by atoms with van der Waals surface area (Å²) >= 11 is 14.4. The molecule has 6 nitrogen and oxygen atoms in total. The summed E-state index contributed by atoms with van der Waals surface area (Å²) in [6.45, 7) is 6.84. The molecule has 0 radical (unpaired) electrons. The SMILES string of the molecule is CCC(C)=O.CCOC(C)=O.ClC(Cl)Cl.O.O=CO. The van der Waals surface area contributed by atoms with E-state index in [1.54, 1.807) is 13.8 Å². The van der Waals surface area contributed by atoms with Crippen LogP contribution in [0.5, 0.6) is 0 Å². The van der Waals surface area contributed by atoms with Gasteiger partial charge in [0.1, 0.15) is 5.78 Å². The van der Waals surface area contributed by atoms with Gasteiger partial charge in [-0.25, -0.2) is 0 Å². The molecule has 0 saturated carbocycles. The highest BCUT2D eigenvalue weighted by molar-refractivity contribution is 6.63. The van der Waals surface area contributed by atoms with Crippen LogP contribution in [0.15, 0.2) is 0 Å². The molecule has 0 aliphatic carbocycles. The molecule has 0 aliphatic heterocycles. The molecule has 0 spiro atoms. The number of Topliss-reactive ketones (excluding diaryl/α,β-unsaturated/α-hetero) is 1. The van der Waals surface area contributed by atoms with Gasteiger partial charge in [-0.15, -0.1) is 0 Å². The number of halogens is 3. The van der Waals surface area contributed by atoms with E-state index in [0.717, 1.165) is 0 Å². The molecule has 0 heterocycles. The Balaban J connectivity index is -0.0000000464. The van der Waals surface area contributed by atoms with E-state index in [0.29, 0.717) is 13.0 Å². The van der Waals surface area contributed by atoms with Gasteiger partial charge in [0.2, 0.25) is 0 Å². The van der Waals surface area contributed by atoms with Crippen LogP contribution < -0.4 is 0 Å². The summed E-state index contributed by atoms with van der Waals surface area (Å²) < 4.78 is 3.65. The van der Waals surface area contributed by atoms with Crippen LogP contribution in [0.2, 0.25) is 0 Å². The molecule has 0 rings (SSSR count). The summed E-state index contributed by atoms with van der Waals surface area (Å²) in [4.78, 5) is 28.0. The average Bonchev–Trinajstić information content (AvgIpc) is 2.18. The predicted octanol–water partition coefficient (Wildman–Crippen LogP) is 2.42. The van der Waals surface area contributed by atoms with E-state index in [1.807, 2.05) is 6.92 Å².